The predicted molar refractivity (Wildman–Crippen MR) is 74.8 cm³/mol. The second-order valence-electron chi connectivity index (χ2n) is 4.73. The van der Waals surface area contributed by atoms with Crippen LogP contribution in [0.1, 0.15) is 25.8 Å². The maximum atomic E-state index is 12.2. The van der Waals surface area contributed by atoms with E-state index >= 15 is 0 Å². The Morgan fingerprint density at radius 2 is 2.05 bits per heavy atom. The van der Waals surface area contributed by atoms with Gasteiger partial charge in [-0.25, -0.2) is 0 Å². The first-order valence-corrected chi connectivity index (χ1v) is 6.90. The van der Waals surface area contributed by atoms with E-state index in [2.05, 4.69) is 10.3 Å². The number of anilines is 1. The van der Waals surface area contributed by atoms with Crippen molar-refractivity contribution in [2.45, 2.75) is 39.4 Å². The molecule has 1 aliphatic heterocycles. The molecule has 1 atom stereocenters. The van der Waals surface area contributed by atoms with Crippen LogP contribution in [0.3, 0.4) is 0 Å². The second kappa shape index (κ2) is 7.47. The Bertz CT molecular complexity index is 407. The topological polar surface area (TPSA) is 28.2 Å². The van der Waals surface area contributed by atoms with E-state index in [0.29, 0.717) is 13.1 Å². The maximum Gasteiger partial charge on any atom is 0.401 e. The van der Waals surface area contributed by atoms with Crippen molar-refractivity contribution in [2.24, 2.45) is 0 Å². The lowest BCUT2D eigenvalue weighted by Crippen LogP contribution is -2.34. The van der Waals surface area contributed by atoms with Gasteiger partial charge in [-0.15, -0.1) is 0 Å². The quantitative estimate of drug-likeness (QED) is 0.923. The molecule has 1 unspecified atom stereocenters. The van der Waals surface area contributed by atoms with Gasteiger partial charge in [0.15, 0.2) is 0 Å². The lowest BCUT2D eigenvalue weighted by molar-refractivity contribution is -0.143. The monoisotopic (exact) mass is 289 g/mol. The molecule has 0 radical (unpaired) electrons. The zero-order valence-electron chi connectivity index (χ0n) is 12.2. The summed E-state index contributed by atoms with van der Waals surface area (Å²) < 4.78 is 36.7. The van der Waals surface area contributed by atoms with Gasteiger partial charge >= 0.3 is 6.18 Å². The molecule has 114 valence electrons. The van der Waals surface area contributed by atoms with Gasteiger partial charge in [-0.05, 0) is 25.0 Å². The Morgan fingerprint density at radius 3 is 2.65 bits per heavy atom. The third kappa shape index (κ3) is 5.77. The van der Waals surface area contributed by atoms with Crippen molar-refractivity contribution in [1.29, 1.82) is 0 Å². The average Bonchev–Trinajstić information content (AvgIpc) is 2.76. The summed E-state index contributed by atoms with van der Waals surface area (Å²) in [7, 11) is 0. The largest absolute Gasteiger partial charge is 0.401 e. The third-order valence-corrected chi connectivity index (χ3v) is 2.92. The number of alkyl halides is 3. The van der Waals surface area contributed by atoms with Gasteiger partial charge in [-0.3, -0.25) is 9.88 Å². The van der Waals surface area contributed by atoms with Crippen LogP contribution < -0.4 is 5.32 Å². The van der Waals surface area contributed by atoms with E-state index in [1.807, 2.05) is 26.8 Å². The van der Waals surface area contributed by atoms with Crippen LogP contribution in [-0.4, -0.2) is 41.7 Å². The molecule has 0 spiro atoms. The lowest BCUT2D eigenvalue weighted by atomic mass is 10.2. The number of pyridine rings is 1. The number of hydrogen-bond donors (Lipinski definition) is 1. The minimum absolute atomic E-state index is 0.0657. The van der Waals surface area contributed by atoms with Gasteiger partial charge < -0.3 is 5.32 Å². The summed E-state index contributed by atoms with van der Waals surface area (Å²) in [6.07, 6.45) is 0.0546. The van der Waals surface area contributed by atoms with Crippen LogP contribution in [0.15, 0.2) is 18.5 Å². The molecule has 2 rings (SSSR count). The smallest absolute Gasteiger partial charge is 0.380 e. The van der Waals surface area contributed by atoms with E-state index in [9.17, 15) is 13.2 Å². The highest BCUT2D eigenvalue weighted by molar-refractivity contribution is 5.43. The van der Waals surface area contributed by atoms with Gasteiger partial charge in [0, 0.05) is 31.5 Å². The standard InChI is InChI=1S/C12H16F3N3.C2H6/c1-9-4-11(6-16-5-9)17-10-2-3-18(7-10)8-12(13,14)15;1-2/h4-6,10,17H,2-3,7-8H2,1H3;1-2H3. The highest BCUT2D eigenvalue weighted by Crippen LogP contribution is 2.21. The highest BCUT2D eigenvalue weighted by atomic mass is 19.4. The summed E-state index contributed by atoms with van der Waals surface area (Å²) in [4.78, 5) is 5.48. The van der Waals surface area contributed by atoms with Crippen molar-refractivity contribution in [3.8, 4) is 0 Å². The Kier molecular flexibility index (Phi) is 6.26. The Hall–Kier alpha value is -1.30. The van der Waals surface area contributed by atoms with Crippen LogP contribution >= 0.6 is 0 Å². The summed E-state index contributed by atoms with van der Waals surface area (Å²) in [5.41, 5.74) is 1.90. The van der Waals surface area contributed by atoms with E-state index in [1.165, 1.54) is 4.90 Å². The zero-order chi connectivity index (χ0) is 15.2. The molecule has 6 heteroatoms. The van der Waals surface area contributed by atoms with E-state index < -0.39 is 12.7 Å². The van der Waals surface area contributed by atoms with Gasteiger partial charge in [-0.1, -0.05) is 13.8 Å². The van der Waals surface area contributed by atoms with Crippen molar-refractivity contribution in [2.75, 3.05) is 25.0 Å². The molecular weight excluding hydrogens is 267 g/mol. The Morgan fingerprint density at radius 1 is 1.35 bits per heavy atom. The molecule has 0 amide bonds. The first-order chi connectivity index (χ1) is 9.42. The minimum Gasteiger partial charge on any atom is -0.380 e. The molecule has 20 heavy (non-hydrogen) atoms. The molecule has 1 aromatic heterocycles. The molecule has 1 aromatic rings. The highest BCUT2D eigenvalue weighted by Gasteiger charge is 2.34. The van der Waals surface area contributed by atoms with Gasteiger partial charge in [0.2, 0.25) is 0 Å². The Labute approximate surface area is 118 Å². The second-order valence-corrected chi connectivity index (χ2v) is 4.73. The Balaban J connectivity index is 0.000000956. The number of rotatable bonds is 3. The third-order valence-electron chi connectivity index (χ3n) is 2.92. The molecule has 1 fully saturated rings. The van der Waals surface area contributed by atoms with Crippen LogP contribution in [0.2, 0.25) is 0 Å². The van der Waals surface area contributed by atoms with Crippen LogP contribution in [0.4, 0.5) is 18.9 Å². The number of aryl methyl sites for hydroxylation is 1. The SMILES string of the molecule is CC.Cc1cncc(NC2CCN(CC(F)(F)F)C2)c1. The summed E-state index contributed by atoms with van der Waals surface area (Å²) in [5, 5.41) is 3.23. The van der Waals surface area contributed by atoms with Gasteiger partial charge in [-0.2, -0.15) is 13.2 Å². The fourth-order valence-corrected chi connectivity index (χ4v) is 2.22. The molecule has 1 saturated heterocycles. The number of nitrogens with one attached hydrogen (secondary N) is 1. The summed E-state index contributed by atoms with van der Waals surface area (Å²) in [6.45, 7) is 6.02. The van der Waals surface area contributed by atoms with Crippen LogP contribution in [0.5, 0.6) is 0 Å². The van der Waals surface area contributed by atoms with Crippen molar-refractivity contribution < 1.29 is 13.2 Å². The fourth-order valence-electron chi connectivity index (χ4n) is 2.22. The van der Waals surface area contributed by atoms with Gasteiger partial charge in [0.1, 0.15) is 0 Å². The molecule has 1 N–H and O–H groups in total. The predicted octanol–water partition coefficient (Wildman–Crippen LogP) is 3.46. The molecule has 3 nitrogen and oxygen atoms in total. The van der Waals surface area contributed by atoms with Crippen LogP contribution in [0.25, 0.3) is 0 Å². The normalized spacial score (nSPS) is 19.4. The molecule has 0 aliphatic carbocycles. The van der Waals surface area contributed by atoms with Crippen molar-refractivity contribution in [3.05, 3.63) is 24.0 Å². The number of nitrogens with zero attached hydrogens (tertiary/aromatic N) is 2. The minimum atomic E-state index is -4.11. The van der Waals surface area contributed by atoms with Gasteiger partial charge in [0.25, 0.3) is 0 Å². The van der Waals surface area contributed by atoms with Crippen LogP contribution in [-0.2, 0) is 0 Å². The van der Waals surface area contributed by atoms with Crippen molar-refractivity contribution >= 4 is 5.69 Å². The number of aromatic nitrogens is 1. The lowest BCUT2D eigenvalue weighted by Gasteiger charge is -2.18. The van der Waals surface area contributed by atoms with Crippen molar-refractivity contribution in [3.63, 3.8) is 0 Å². The number of halogens is 3. The maximum absolute atomic E-state index is 12.2. The van der Waals surface area contributed by atoms with E-state index in [4.69, 9.17) is 0 Å². The first kappa shape index (κ1) is 16.8. The molecule has 0 bridgehead atoms. The fraction of sp³-hybridized carbons (Fsp3) is 0.643. The average molecular weight is 289 g/mol. The van der Waals surface area contributed by atoms with E-state index in [1.54, 1.807) is 12.4 Å². The summed E-state index contributed by atoms with van der Waals surface area (Å²) in [6, 6.07) is 2.01. The van der Waals surface area contributed by atoms with E-state index in [0.717, 1.165) is 17.7 Å². The van der Waals surface area contributed by atoms with Gasteiger partial charge in [0.05, 0.1) is 12.2 Å². The number of hydrogen-bond acceptors (Lipinski definition) is 3. The van der Waals surface area contributed by atoms with Crippen molar-refractivity contribution in [1.82, 2.24) is 9.88 Å². The van der Waals surface area contributed by atoms with Crippen LogP contribution in [0, 0.1) is 6.92 Å². The molecule has 0 saturated carbocycles. The first-order valence-electron chi connectivity index (χ1n) is 6.90. The number of likely N-dealkylation sites (tertiary alicyclic amines) is 1. The molecule has 2 heterocycles. The zero-order valence-corrected chi connectivity index (χ0v) is 12.2. The molecular formula is C14H22F3N3. The molecule has 0 aromatic carbocycles. The summed E-state index contributed by atoms with van der Waals surface area (Å²) in [5.74, 6) is 0. The molecule has 1 aliphatic rings. The van der Waals surface area contributed by atoms with E-state index in [-0.39, 0.29) is 6.04 Å². The summed E-state index contributed by atoms with van der Waals surface area (Å²) >= 11 is 0.